The van der Waals surface area contributed by atoms with Crippen LogP contribution < -0.4 is 5.32 Å². The van der Waals surface area contributed by atoms with Crippen LogP contribution in [0.3, 0.4) is 0 Å². The van der Waals surface area contributed by atoms with Gasteiger partial charge in [-0.05, 0) is 31.2 Å². The van der Waals surface area contributed by atoms with Crippen LogP contribution in [0.2, 0.25) is 5.02 Å². The summed E-state index contributed by atoms with van der Waals surface area (Å²) in [7, 11) is 0. The topological polar surface area (TPSA) is 73.0 Å². The van der Waals surface area contributed by atoms with E-state index in [0.29, 0.717) is 16.6 Å². The highest BCUT2D eigenvalue weighted by Gasteiger charge is 2.16. The van der Waals surface area contributed by atoms with Crippen LogP contribution in [0.1, 0.15) is 18.7 Å². The second-order valence-corrected chi connectivity index (χ2v) is 5.43. The van der Waals surface area contributed by atoms with Crippen molar-refractivity contribution in [2.24, 2.45) is 0 Å². The molecule has 0 aliphatic carbocycles. The molecule has 2 aromatic heterocycles. The van der Waals surface area contributed by atoms with Gasteiger partial charge in [0.1, 0.15) is 18.6 Å². The van der Waals surface area contributed by atoms with Crippen molar-refractivity contribution >= 4 is 17.5 Å². The minimum Gasteiger partial charge on any atom is -0.467 e. The van der Waals surface area contributed by atoms with Crippen molar-refractivity contribution in [2.75, 3.05) is 0 Å². The zero-order valence-electron chi connectivity index (χ0n) is 12.4. The van der Waals surface area contributed by atoms with E-state index in [1.165, 1.54) is 11.0 Å². The van der Waals surface area contributed by atoms with Gasteiger partial charge in [0.15, 0.2) is 5.82 Å². The first-order valence-corrected chi connectivity index (χ1v) is 7.48. The average molecular weight is 331 g/mol. The summed E-state index contributed by atoms with van der Waals surface area (Å²) in [5, 5.41) is 7.53. The number of carbonyl (C=O) groups excluding carboxylic acids is 1. The summed E-state index contributed by atoms with van der Waals surface area (Å²) in [4.78, 5) is 16.4. The van der Waals surface area contributed by atoms with Crippen molar-refractivity contribution < 1.29 is 9.21 Å². The number of carbonyl (C=O) groups is 1. The highest BCUT2D eigenvalue weighted by molar-refractivity contribution is 6.33. The van der Waals surface area contributed by atoms with Gasteiger partial charge in [0.05, 0.1) is 17.3 Å². The lowest BCUT2D eigenvalue weighted by atomic mass is 10.2. The quantitative estimate of drug-likeness (QED) is 0.780. The zero-order valence-corrected chi connectivity index (χ0v) is 13.2. The third-order valence-electron chi connectivity index (χ3n) is 3.37. The van der Waals surface area contributed by atoms with E-state index in [9.17, 15) is 4.79 Å². The minimum absolute atomic E-state index is 0.0472. The maximum atomic E-state index is 12.2. The number of furan rings is 1. The van der Waals surface area contributed by atoms with Gasteiger partial charge in [-0.25, -0.2) is 9.67 Å². The summed E-state index contributed by atoms with van der Waals surface area (Å²) >= 11 is 6.18. The molecule has 1 unspecified atom stereocenters. The van der Waals surface area contributed by atoms with Crippen molar-refractivity contribution in [3.63, 3.8) is 0 Å². The Hall–Kier alpha value is -2.60. The van der Waals surface area contributed by atoms with Gasteiger partial charge in [0.2, 0.25) is 5.91 Å². The number of hydrogen-bond acceptors (Lipinski definition) is 4. The molecule has 6 nitrogen and oxygen atoms in total. The maximum Gasteiger partial charge on any atom is 0.242 e. The van der Waals surface area contributed by atoms with Gasteiger partial charge in [-0.15, -0.1) is 0 Å². The number of hydrogen-bond donors (Lipinski definition) is 1. The highest BCUT2D eigenvalue weighted by Crippen LogP contribution is 2.25. The fourth-order valence-corrected chi connectivity index (χ4v) is 2.48. The lowest BCUT2D eigenvalue weighted by Crippen LogP contribution is -2.30. The average Bonchev–Trinajstić information content (AvgIpc) is 3.19. The van der Waals surface area contributed by atoms with Crippen molar-refractivity contribution in [3.8, 4) is 11.4 Å². The zero-order chi connectivity index (χ0) is 16.2. The van der Waals surface area contributed by atoms with Crippen LogP contribution in [0.5, 0.6) is 0 Å². The molecule has 23 heavy (non-hydrogen) atoms. The Kier molecular flexibility index (Phi) is 4.43. The molecule has 1 atom stereocenters. The Labute approximate surface area is 138 Å². The molecule has 0 fully saturated rings. The molecule has 2 heterocycles. The number of benzene rings is 1. The lowest BCUT2D eigenvalue weighted by Gasteiger charge is -2.12. The van der Waals surface area contributed by atoms with Gasteiger partial charge in [0.25, 0.3) is 0 Å². The molecule has 1 amide bonds. The summed E-state index contributed by atoms with van der Waals surface area (Å²) in [6.45, 7) is 1.90. The van der Waals surface area contributed by atoms with Crippen LogP contribution in [0, 0.1) is 0 Å². The molecule has 0 bridgehead atoms. The van der Waals surface area contributed by atoms with E-state index >= 15 is 0 Å². The fourth-order valence-electron chi connectivity index (χ4n) is 2.26. The molecule has 3 aromatic rings. The molecule has 0 spiro atoms. The normalized spacial score (nSPS) is 12.1. The molecule has 118 valence electrons. The third-order valence-corrected chi connectivity index (χ3v) is 3.70. The van der Waals surface area contributed by atoms with Crippen LogP contribution in [0.25, 0.3) is 11.4 Å². The van der Waals surface area contributed by atoms with E-state index in [1.807, 2.05) is 31.2 Å². The largest absolute Gasteiger partial charge is 0.467 e. The number of halogens is 1. The number of amides is 1. The Balaban J connectivity index is 1.73. The molecule has 7 heteroatoms. The molecule has 0 aliphatic heterocycles. The third kappa shape index (κ3) is 3.43. The van der Waals surface area contributed by atoms with E-state index in [-0.39, 0.29) is 18.5 Å². The van der Waals surface area contributed by atoms with E-state index < -0.39 is 0 Å². The Bertz CT molecular complexity index is 798. The SMILES string of the molecule is CC(NC(=O)Cn1ncnc1-c1ccccc1Cl)c1ccco1. The van der Waals surface area contributed by atoms with E-state index in [0.717, 1.165) is 5.56 Å². The van der Waals surface area contributed by atoms with Crippen molar-refractivity contribution in [3.05, 3.63) is 59.8 Å². The molecule has 1 aromatic carbocycles. The van der Waals surface area contributed by atoms with Gasteiger partial charge < -0.3 is 9.73 Å². The van der Waals surface area contributed by atoms with E-state index in [1.54, 1.807) is 18.4 Å². The van der Waals surface area contributed by atoms with E-state index in [4.69, 9.17) is 16.0 Å². The highest BCUT2D eigenvalue weighted by atomic mass is 35.5. The molecule has 0 radical (unpaired) electrons. The number of nitrogens with one attached hydrogen (secondary N) is 1. The van der Waals surface area contributed by atoms with Crippen LogP contribution in [-0.4, -0.2) is 20.7 Å². The lowest BCUT2D eigenvalue weighted by molar-refractivity contribution is -0.122. The van der Waals surface area contributed by atoms with Gasteiger partial charge in [-0.1, -0.05) is 23.7 Å². The second kappa shape index (κ2) is 6.66. The van der Waals surface area contributed by atoms with Gasteiger partial charge in [-0.2, -0.15) is 5.10 Å². The predicted octanol–water partition coefficient (Wildman–Crippen LogP) is 3.07. The molecule has 0 saturated carbocycles. The first-order chi connectivity index (χ1) is 11.1. The standard InChI is InChI=1S/C16H15ClN4O2/c1-11(14-7-4-8-23-14)20-15(22)9-21-16(18-10-19-21)12-5-2-3-6-13(12)17/h2-8,10-11H,9H2,1H3,(H,20,22). The summed E-state index contributed by atoms with van der Waals surface area (Å²) < 4.78 is 6.79. The Morgan fingerprint density at radius 2 is 2.17 bits per heavy atom. The first-order valence-electron chi connectivity index (χ1n) is 7.10. The summed E-state index contributed by atoms with van der Waals surface area (Å²) in [6, 6.07) is 10.7. The molecular formula is C16H15ClN4O2. The molecular weight excluding hydrogens is 316 g/mol. The van der Waals surface area contributed by atoms with Crippen LogP contribution in [0.4, 0.5) is 0 Å². The summed E-state index contributed by atoms with van der Waals surface area (Å²) in [6.07, 6.45) is 2.98. The summed E-state index contributed by atoms with van der Waals surface area (Å²) in [5.41, 5.74) is 0.735. The second-order valence-electron chi connectivity index (χ2n) is 5.03. The molecule has 0 saturated heterocycles. The van der Waals surface area contributed by atoms with Gasteiger partial charge in [0, 0.05) is 5.56 Å². The minimum atomic E-state index is -0.218. The molecule has 1 N–H and O–H groups in total. The van der Waals surface area contributed by atoms with Crippen molar-refractivity contribution in [1.82, 2.24) is 20.1 Å². The van der Waals surface area contributed by atoms with Gasteiger partial charge in [-0.3, -0.25) is 4.79 Å². The van der Waals surface area contributed by atoms with Crippen molar-refractivity contribution in [2.45, 2.75) is 19.5 Å². The van der Waals surface area contributed by atoms with Crippen LogP contribution >= 0.6 is 11.6 Å². The maximum absolute atomic E-state index is 12.2. The molecule has 3 rings (SSSR count). The predicted molar refractivity (Wildman–Crippen MR) is 85.7 cm³/mol. The van der Waals surface area contributed by atoms with E-state index in [2.05, 4.69) is 15.4 Å². The fraction of sp³-hybridized carbons (Fsp3) is 0.188. The smallest absolute Gasteiger partial charge is 0.242 e. The first kappa shape index (κ1) is 15.3. The number of rotatable bonds is 5. The van der Waals surface area contributed by atoms with Crippen molar-refractivity contribution in [1.29, 1.82) is 0 Å². The van der Waals surface area contributed by atoms with Crippen LogP contribution in [0.15, 0.2) is 53.4 Å². The Morgan fingerprint density at radius 3 is 2.91 bits per heavy atom. The number of aromatic nitrogens is 3. The molecule has 0 aliphatic rings. The number of nitrogens with zero attached hydrogens (tertiary/aromatic N) is 3. The van der Waals surface area contributed by atoms with Gasteiger partial charge >= 0.3 is 0 Å². The summed E-state index contributed by atoms with van der Waals surface area (Å²) in [5.74, 6) is 1.06. The van der Waals surface area contributed by atoms with Crippen LogP contribution in [-0.2, 0) is 11.3 Å². The monoisotopic (exact) mass is 330 g/mol. The Morgan fingerprint density at radius 1 is 1.35 bits per heavy atom.